The van der Waals surface area contributed by atoms with E-state index in [9.17, 15) is 4.79 Å². The van der Waals surface area contributed by atoms with Gasteiger partial charge in [-0.15, -0.1) is 0 Å². The highest BCUT2D eigenvalue weighted by molar-refractivity contribution is 6.33. The number of rotatable bonds is 3. The third-order valence-electron chi connectivity index (χ3n) is 3.76. The Labute approximate surface area is 124 Å². The summed E-state index contributed by atoms with van der Waals surface area (Å²) in [5, 5.41) is 3.32. The van der Waals surface area contributed by atoms with Crippen molar-refractivity contribution in [3.63, 3.8) is 0 Å². The molecule has 1 atom stereocenters. The first-order chi connectivity index (χ1) is 9.49. The third kappa shape index (κ3) is 3.04. The molecule has 0 spiro atoms. The molecule has 1 aliphatic rings. The fourth-order valence-corrected chi connectivity index (χ4v) is 2.73. The minimum atomic E-state index is -0.268. The molecule has 0 saturated carbocycles. The largest absolute Gasteiger partial charge is 0.377 e. The predicted octanol–water partition coefficient (Wildman–Crippen LogP) is 2.42. The van der Waals surface area contributed by atoms with E-state index < -0.39 is 0 Å². The van der Waals surface area contributed by atoms with Gasteiger partial charge in [0.2, 0.25) is 0 Å². The van der Waals surface area contributed by atoms with Crippen LogP contribution in [0.4, 0.5) is 5.82 Å². The van der Waals surface area contributed by atoms with E-state index in [0.717, 1.165) is 19.4 Å². The zero-order chi connectivity index (χ0) is 14.8. The molecule has 2 rings (SSSR count). The van der Waals surface area contributed by atoms with Crippen LogP contribution in [0, 0.1) is 0 Å². The zero-order valence-corrected chi connectivity index (χ0v) is 12.8. The topological polar surface area (TPSA) is 54.5 Å². The predicted molar refractivity (Wildman–Crippen MR) is 79.3 cm³/mol. The monoisotopic (exact) mass is 297 g/mol. The molecule has 5 nitrogen and oxygen atoms in total. The second-order valence-corrected chi connectivity index (χ2v) is 5.70. The smallest absolute Gasteiger partial charge is 0.255 e. The lowest BCUT2D eigenvalue weighted by molar-refractivity contribution is -0.0440. The normalized spacial score (nSPS) is 22.7. The number of nitrogens with zero attached hydrogens (tertiary/aromatic N) is 2. The fraction of sp³-hybridized carbons (Fsp3) is 0.571. The van der Waals surface area contributed by atoms with E-state index >= 15 is 0 Å². The molecule has 1 aliphatic heterocycles. The molecule has 0 aromatic carbocycles. The SMILES string of the molecule is CNc1ncc(C(=O)N2CCCC(C)(OC)C2)cc1Cl. The molecule has 0 bridgehead atoms. The van der Waals surface area contributed by atoms with Crippen molar-refractivity contribution in [3.8, 4) is 0 Å². The molecule has 20 heavy (non-hydrogen) atoms. The van der Waals surface area contributed by atoms with Gasteiger partial charge in [0.1, 0.15) is 5.82 Å². The molecular formula is C14H20ClN3O2. The van der Waals surface area contributed by atoms with Gasteiger partial charge in [-0.05, 0) is 25.8 Å². The Morgan fingerprint density at radius 1 is 1.60 bits per heavy atom. The van der Waals surface area contributed by atoms with E-state index in [0.29, 0.717) is 22.9 Å². The Morgan fingerprint density at radius 2 is 2.35 bits per heavy atom. The molecule has 1 saturated heterocycles. The molecule has 1 aromatic heterocycles. The maximum atomic E-state index is 12.5. The molecule has 1 N–H and O–H groups in total. The molecule has 1 unspecified atom stereocenters. The second kappa shape index (κ2) is 5.97. The lowest BCUT2D eigenvalue weighted by Crippen LogP contribution is -2.49. The van der Waals surface area contributed by atoms with Gasteiger partial charge in [-0.2, -0.15) is 0 Å². The van der Waals surface area contributed by atoms with Crippen LogP contribution in [0.15, 0.2) is 12.3 Å². The van der Waals surface area contributed by atoms with Gasteiger partial charge >= 0.3 is 0 Å². The van der Waals surface area contributed by atoms with E-state index in [2.05, 4.69) is 10.3 Å². The summed E-state index contributed by atoms with van der Waals surface area (Å²) in [5.74, 6) is 0.522. The maximum absolute atomic E-state index is 12.5. The molecule has 1 aromatic rings. The van der Waals surface area contributed by atoms with Crippen molar-refractivity contribution in [2.45, 2.75) is 25.4 Å². The molecule has 110 valence electrons. The Balaban J connectivity index is 2.17. The Hall–Kier alpha value is -1.33. The van der Waals surface area contributed by atoms with Crippen LogP contribution in [0.1, 0.15) is 30.1 Å². The number of halogens is 1. The lowest BCUT2D eigenvalue weighted by atomic mass is 9.94. The Morgan fingerprint density at radius 3 is 2.95 bits per heavy atom. The van der Waals surface area contributed by atoms with Crippen molar-refractivity contribution < 1.29 is 9.53 Å². The summed E-state index contributed by atoms with van der Waals surface area (Å²) in [6.07, 6.45) is 3.45. The van der Waals surface area contributed by atoms with Crippen LogP contribution in [-0.2, 0) is 4.74 Å². The standard InChI is InChI=1S/C14H20ClN3O2/c1-14(20-3)5-4-6-18(9-14)13(19)10-7-11(15)12(16-2)17-8-10/h7-8H,4-6,9H2,1-3H3,(H,16,17). The van der Waals surface area contributed by atoms with Gasteiger partial charge in [0.05, 0.1) is 16.2 Å². The summed E-state index contributed by atoms with van der Waals surface area (Å²) in [5.41, 5.74) is 0.241. The lowest BCUT2D eigenvalue weighted by Gasteiger charge is -2.39. The quantitative estimate of drug-likeness (QED) is 0.931. The van der Waals surface area contributed by atoms with E-state index in [4.69, 9.17) is 16.3 Å². The van der Waals surface area contributed by atoms with Crippen molar-refractivity contribution >= 4 is 23.3 Å². The van der Waals surface area contributed by atoms with E-state index in [-0.39, 0.29) is 11.5 Å². The molecular weight excluding hydrogens is 278 g/mol. The zero-order valence-electron chi connectivity index (χ0n) is 12.1. The van der Waals surface area contributed by atoms with Crippen molar-refractivity contribution in [2.24, 2.45) is 0 Å². The number of methoxy groups -OCH3 is 1. The average molecular weight is 298 g/mol. The second-order valence-electron chi connectivity index (χ2n) is 5.29. The number of hydrogen-bond acceptors (Lipinski definition) is 4. The number of piperidine rings is 1. The van der Waals surface area contributed by atoms with Crippen LogP contribution in [0.3, 0.4) is 0 Å². The van der Waals surface area contributed by atoms with Crippen LogP contribution in [0.2, 0.25) is 5.02 Å². The number of likely N-dealkylation sites (tertiary alicyclic amines) is 1. The third-order valence-corrected chi connectivity index (χ3v) is 4.05. The van der Waals surface area contributed by atoms with Crippen molar-refractivity contribution in [1.82, 2.24) is 9.88 Å². The number of hydrogen-bond donors (Lipinski definition) is 1. The van der Waals surface area contributed by atoms with E-state index in [1.165, 1.54) is 0 Å². The minimum Gasteiger partial charge on any atom is -0.377 e. The summed E-state index contributed by atoms with van der Waals surface area (Å²) < 4.78 is 5.51. The number of aromatic nitrogens is 1. The fourth-order valence-electron chi connectivity index (χ4n) is 2.47. The highest BCUT2D eigenvalue weighted by Crippen LogP contribution is 2.26. The van der Waals surface area contributed by atoms with Gasteiger partial charge in [0.25, 0.3) is 5.91 Å². The number of carbonyl (C=O) groups is 1. The Kier molecular flexibility index (Phi) is 4.50. The van der Waals surface area contributed by atoms with E-state index in [1.54, 1.807) is 31.3 Å². The number of anilines is 1. The number of ether oxygens (including phenoxy) is 1. The van der Waals surface area contributed by atoms with Gasteiger partial charge in [-0.1, -0.05) is 11.6 Å². The summed E-state index contributed by atoms with van der Waals surface area (Å²) in [6, 6.07) is 1.65. The van der Waals surface area contributed by atoms with Gasteiger partial charge in [0, 0.05) is 33.4 Å². The van der Waals surface area contributed by atoms with Crippen molar-refractivity contribution in [2.75, 3.05) is 32.6 Å². The first-order valence-corrected chi connectivity index (χ1v) is 7.04. The van der Waals surface area contributed by atoms with Crippen molar-refractivity contribution in [1.29, 1.82) is 0 Å². The Bertz CT molecular complexity index is 509. The summed E-state index contributed by atoms with van der Waals surface area (Å²) in [7, 11) is 3.43. The summed E-state index contributed by atoms with van der Waals surface area (Å²) in [4.78, 5) is 18.5. The minimum absolute atomic E-state index is 0.0509. The molecule has 2 heterocycles. The summed E-state index contributed by atoms with van der Waals surface area (Å²) in [6.45, 7) is 3.36. The highest BCUT2D eigenvalue weighted by atomic mass is 35.5. The van der Waals surface area contributed by atoms with Crippen LogP contribution in [0.25, 0.3) is 0 Å². The maximum Gasteiger partial charge on any atom is 0.255 e. The van der Waals surface area contributed by atoms with Gasteiger partial charge in [-0.25, -0.2) is 4.98 Å². The highest BCUT2D eigenvalue weighted by Gasteiger charge is 2.33. The van der Waals surface area contributed by atoms with Gasteiger partial charge in [0.15, 0.2) is 0 Å². The van der Waals surface area contributed by atoms with Gasteiger partial charge < -0.3 is 15.0 Å². The number of carbonyl (C=O) groups excluding carboxylic acids is 1. The number of nitrogens with one attached hydrogen (secondary N) is 1. The van der Waals surface area contributed by atoms with Crippen LogP contribution < -0.4 is 5.32 Å². The van der Waals surface area contributed by atoms with Crippen LogP contribution >= 0.6 is 11.6 Å². The number of pyridine rings is 1. The molecule has 1 amide bonds. The van der Waals surface area contributed by atoms with Crippen molar-refractivity contribution in [3.05, 3.63) is 22.8 Å². The average Bonchev–Trinajstić information content (AvgIpc) is 2.46. The van der Waals surface area contributed by atoms with E-state index in [1.807, 2.05) is 6.92 Å². The first-order valence-electron chi connectivity index (χ1n) is 6.67. The van der Waals surface area contributed by atoms with Gasteiger partial charge in [-0.3, -0.25) is 4.79 Å². The number of amides is 1. The molecule has 6 heteroatoms. The van der Waals surface area contributed by atoms with Crippen LogP contribution in [0.5, 0.6) is 0 Å². The summed E-state index contributed by atoms with van der Waals surface area (Å²) >= 11 is 6.08. The molecule has 0 aliphatic carbocycles. The van der Waals surface area contributed by atoms with Crippen LogP contribution in [-0.4, -0.2) is 48.6 Å². The molecule has 1 fully saturated rings. The molecule has 0 radical (unpaired) electrons. The first kappa shape index (κ1) is 15.1.